The van der Waals surface area contributed by atoms with Gasteiger partial charge in [0, 0.05) is 44.4 Å². The molecule has 2 aliphatic rings. The van der Waals surface area contributed by atoms with Crippen LogP contribution >= 0.6 is 0 Å². The molecule has 1 saturated carbocycles. The number of amides is 3. The van der Waals surface area contributed by atoms with Crippen LogP contribution in [0.1, 0.15) is 30.6 Å². The average molecular weight is 357 g/mol. The first-order valence-corrected chi connectivity index (χ1v) is 8.83. The van der Waals surface area contributed by atoms with Gasteiger partial charge in [0.05, 0.1) is 11.8 Å². The first-order valence-electron chi connectivity index (χ1n) is 8.83. The van der Waals surface area contributed by atoms with E-state index in [9.17, 15) is 19.2 Å². The molecule has 1 aliphatic heterocycles. The fraction of sp³-hybridized carbons (Fsp3) is 0.474. The number of carbonyl (C=O) groups is 4. The molecule has 1 aliphatic carbocycles. The van der Waals surface area contributed by atoms with E-state index < -0.39 is 0 Å². The largest absolute Gasteiger partial charge is 0.339 e. The van der Waals surface area contributed by atoms with Gasteiger partial charge in [-0.1, -0.05) is 12.1 Å². The van der Waals surface area contributed by atoms with Crippen molar-refractivity contribution in [3.8, 4) is 0 Å². The predicted octanol–water partition coefficient (Wildman–Crippen LogP) is 1.15. The predicted molar refractivity (Wildman–Crippen MR) is 95.5 cm³/mol. The molecule has 1 aromatic carbocycles. The van der Waals surface area contributed by atoms with Crippen molar-refractivity contribution in [3.63, 3.8) is 0 Å². The molecule has 0 bridgehead atoms. The number of hydrogen-bond acceptors (Lipinski definition) is 4. The molecule has 1 heterocycles. The molecule has 3 rings (SSSR count). The molecule has 0 spiro atoms. The summed E-state index contributed by atoms with van der Waals surface area (Å²) in [6, 6.07) is 6.78. The second-order valence-electron chi connectivity index (χ2n) is 6.91. The molecule has 2 unspecified atom stereocenters. The van der Waals surface area contributed by atoms with Crippen LogP contribution in [0.4, 0.5) is 5.69 Å². The van der Waals surface area contributed by atoms with E-state index in [0.717, 1.165) is 0 Å². The van der Waals surface area contributed by atoms with Crippen LogP contribution in [-0.2, 0) is 14.4 Å². The number of hydrogen-bond donors (Lipinski definition) is 1. The zero-order chi connectivity index (χ0) is 18.8. The molecule has 26 heavy (non-hydrogen) atoms. The van der Waals surface area contributed by atoms with E-state index in [1.54, 1.807) is 34.1 Å². The molecule has 1 aromatic rings. The summed E-state index contributed by atoms with van der Waals surface area (Å²) in [5, 5.41) is 2.79. The highest BCUT2D eigenvalue weighted by molar-refractivity contribution is 6.01. The van der Waals surface area contributed by atoms with Crippen LogP contribution in [0.3, 0.4) is 0 Å². The van der Waals surface area contributed by atoms with Gasteiger partial charge in [-0.2, -0.15) is 0 Å². The lowest BCUT2D eigenvalue weighted by molar-refractivity contribution is -0.139. The SMILES string of the molecule is CC(=O)c1cccc(NC(=O)C2CC2C(=O)N2CCN(C(C)=O)CC2)c1. The molecule has 3 amide bonds. The minimum absolute atomic E-state index is 0.00848. The van der Waals surface area contributed by atoms with Gasteiger partial charge in [0.25, 0.3) is 0 Å². The Morgan fingerprint density at radius 3 is 2.23 bits per heavy atom. The molecule has 1 N–H and O–H groups in total. The standard InChI is InChI=1S/C19H23N3O4/c1-12(23)14-4-3-5-15(10-14)20-18(25)16-11-17(16)19(26)22-8-6-21(7-9-22)13(2)24/h3-5,10,16-17H,6-9,11H2,1-2H3,(H,20,25). The lowest BCUT2D eigenvalue weighted by atomic mass is 10.1. The van der Waals surface area contributed by atoms with Gasteiger partial charge in [0.15, 0.2) is 5.78 Å². The Labute approximate surface area is 152 Å². The van der Waals surface area contributed by atoms with E-state index in [0.29, 0.717) is 43.9 Å². The highest BCUT2D eigenvalue weighted by Gasteiger charge is 2.49. The number of piperazine rings is 1. The molecule has 0 aromatic heterocycles. The van der Waals surface area contributed by atoms with Crippen LogP contribution in [0.2, 0.25) is 0 Å². The number of nitrogens with zero attached hydrogens (tertiary/aromatic N) is 2. The zero-order valence-electron chi connectivity index (χ0n) is 15.0. The number of benzene rings is 1. The van der Waals surface area contributed by atoms with Gasteiger partial charge in [0.2, 0.25) is 17.7 Å². The third kappa shape index (κ3) is 3.92. The number of carbonyl (C=O) groups excluding carboxylic acids is 4. The summed E-state index contributed by atoms with van der Waals surface area (Å²) in [6.07, 6.45) is 0.546. The Kier molecular flexibility index (Phi) is 5.06. The maximum absolute atomic E-state index is 12.5. The van der Waals surface area contributed by atoms with Gasteiger partial charge in [-0.3, -0.25) is 19.2 Å². The number of Topliss-reactive ketones (excluding diaryl/α,β-unsaturated/α-hetero) is 1. The summed E-state index contributed by atoms with van der Waals surface area (Å²) in [5.74, 6) is -0.847. The van der Waals surface area contributed by atoms with Crippen molar-refractivity contribution in [2.45, 2.75) is 20.3 Å². The summed E-state index contributed by atoms with van der Waals surface area (Å²) in [7, 11) is 0. The van der Waals surface area contributed by atoms with E-state index in [2.05, 4.69) is 5.32 Å². The zero-order valence-corrected chi connectivity index (χ0v) is 15.0. The Bertz CT molecular complexity index is 753. The highest BCUT2D eigenvalue weighted by atomic mass is 16.2. The van der Waals surface area contributed by atoms with Crippen LogP contribution in [0, 0.1) is 11.8 Å². The van der Waals surface area contributed by atoms with Crippen molar-refractivity contribution < 1.29 is 19.2 Å². The van der Waals surface area contributed by atoms with Gasteiger partial charge in [-0.05, 0) is 25.5 Å². The fourth-order valence-corrected chi connectivity index (χ4v) is 3.28. The second kappa shape index (κ2) is 7.27. The summed E-state index contributed by atoms with van der Waals surface area (Å²) in [6.45, 7) is 5.13. The fourth-order valence-electron chi connectivity index (χ4n) is 3.28. The first kappa shape index (κ1) is 18.1. The maximum atomic E-state index is 12.5. The molecule has 7 nitrogen and oxygen atoms in total. The Hall–Kier alpha value is -2.70. The summed E-state index contributed by atoms with van der Waals surface area (Å²) < 4.78 is 0. The van der Waals surface area contributed by atoms with Crippen LogP contribution in [0.15, 0.2) is 24.3 Å². The molecule has 2 fully saturated rings. The minimum atomic E-state index is -0.325. The molecular weight excluding hydrogens is 334 g/mol. The van der Waals surface area contributed by atoms with Crippen molar-refractivity contribution in [2.75, 3.05) is 31.5 Å². The van der Waals surface area contributed by atoms with E-state index >= 15 is 0 Å². The number of rotatable bonds is 4. The summed E-state index contributed by atoms with van der Waals surface area (Å²) >= 11 is 0. The second-order valence-corrected chi connectivity index (χ2v) is 6.91. The molecule has 7 heteroatoms. The van der Waals surface area contributed by atoms with Gasteiger partial charge < -0.3 is 15.1 Å². The van der Waals surface area contributed by atoms with Gasteiger partial charge in [0.1, 0.15) is 0 Å². The van der Waals surface area contributed by atoms with Crippen LogP contribution in [0.25, 0.3) is 0 Å². The van der Waals surface area contributed by atoms with E-state index in [4.69, 9.17) is 0 Å². The normalized spacial score (nSPS) is 21.9. The minimum Gasteiger partial charge on any atom is -0.339 e. The number of anilines is 1. The lowest BCUT2D eigenvalue weighted by Gasteiger charge is -2.34. The van der Waals surface area contributed by atoms with Crippen LogP contribution in [-0.4, -0.2) is 59.5 Å². The van der Waals surface area contributed by atoms with Crippen molar-refractivity contribution in [2.24, 2.45) is 11.8 Å². The lowest BCUT2D eigenvalue weighted by Crippen LogP contribution is -2.50. The quantitative estimate of drug-likeness (QED) is 0.819. The molecule has 2 atom stereocenters. The molecule has 1 saturated heterocycles. The van der Waals surface area contributed by atoms with Gasteiger partial charge >= 0.3 is 0 Å². The smallest absolute Gasteiger partial charge is 0.228 e. The average Bonchev–Trinajstić information content (AvgIpc) is 3.42. The van der Waals surface area contributed by atoms with Crippen LogP contribution < -0.4 is 5.32 Å². The third-order valence-electron chi connectivity index (χ3n) is 5.02. The van der Waals surface area contributed by atoms with Gasteiger partial charge in [-0.25, -0.2) is 0 Å². The number of nitrogens with one attached hydrogen (secondary N) is 1. The van der Waals surface area contributed by atoms with E-state index in [1.165, 1.54) is 13.8 Å². The van der Waals surface area contributed by atoms with Crippen molar-refractivity contribution in [1.29, 1.82) is 0 Å². The van der Waals surface area contributed by atoms with E-state index in [-0.39, 0.29) is 35.3 Å². The van der Waals surface area contributed by atoms with Gasteiger partial charge in [-0.15, -0.1) is 0 Å². The Morgan fingerprint density at radius 1 is 0.962 bits per heavy atom. The summed E-state index contributed by atoms with van der Waals surface area (Å²) in [5.41, 5.74) is 1.10. The highest BCUT2D eigenvalue weighted by Crippen LogP contribution is 2.41. The first-order chi connectivity index (χ1) is 12.4. The molecule has 138 valence electrons. The topological polar surface area (TPSA) is 86.8 Å². The van der Waals surface area contributed by atoms with Crippen molar-refractivity contribution in [3.05, 3.63) is 29.8 Å². The number of ketones is 1. The van der Waals surface area contributed by atoms with E-state index in [1.807, 2.05) is 0 Å². The van der Waals surface area contributed by atoms with Crippen molar-refractivity contribution >= 4 is 29.2 Å². The molecule has 0 radical (unpaired) electrons. The third-order valence-corrected chi connectivity index (χ3v) is 5.02. The summed E-state index contributed by atoms with van der Waals surface area (Å²) in [4.78, 5) is 51.2. The van der Waals surface area contributed by atoms with Crippen molar-refractivity contribution in [1.82, 2.24) is 9.80 Å². The molecular formula is C19H23N3O4. The Morgan fingerprint density at radius 2 is 1.62 bits per heavy atom. The monoisotopic (exact) mass is 357 g/mol. The van der Waals surface area contributed by atoms with Crippen LogP contribution in [0.5, 0.6) is 0 Å². The Balaban J connectivity index is 1.52. The maximum Gasteiger partial charge on any atom is 0.228 e.